The van der Waals surface area contributed by atoms with Gasteiger partial charge in [-0.1, -0.05) is 82.7 Å². The fourth-order valence-electron chi connectivity index (χ4n) is 3.80. The van der Waals surface area contributed by atoms with E-state index in [1.165, 1.54) is 38.1 Å². The summed E-state index contributed by atoms with van der Waals surface area (Å²) in [7, 11) is 0. The number of hydrogen-bond acceptors (Lipinski definition) is 0. The molecule has 0 spiro atoms. The fourth-order valence-corrected chi connectivity index (χ4v) is 4.35. The zero-order chi connectivity index (χ0) is 16.8. The maximum Gasteiger partial charge on any atom is 0.0506 e. The maximum absolute atomic E-state index is 3.79. The quantitative estimate of drug-likeness (QED) is 0.316. The molecule has 5 aromatic rings. The molecule has 0 atom stereocenters. The van der Waals surface area contributed by atoms with Crippen LogP contribution in [0.4, 0.5) is 0 Å². The van der Waals surface area contributed by atoms with E-state index in [1.54, 1.807) is 0 Å². The van der Waals surface area contributed by atoms with Crippen LogP contribution in [0.3, 0.4) is 0 Å². The first kappa shape index (κ1) is 14.7. The van der Waals surface area contributed by atoms with E-state index in [-0.39, 0.29) is 0 Å². The van der Waals surface area contributed by atoms with Crippen LogP contribution in [0.1, 0.15) is 5.56 Å². The van der Waals surface area contributed by atoms with Crippen LogP contribution in [-0.4, -0.2) is 4.57 Å². The van der Waals surface area contributed by atoms with Gasteiger partial charge in [-0.05, 0) is 34.5 Å². The second-order valence-corrected chi connectivity index (χ2v) is 7.24. The zero-order valence-corrected chi connectivity index (χ0v) is 15.2. The lowest BCUT2D eigenvalue weighted by Gasteiger charge is -2.08. The standard InChI is InChI=1S/C23H16BrN/c24-19-11-6-12-20-23(19)22-18-10-5-4-9-17(18)13-14-21(22)25(20)15-16-7-2-1-3-8-16/h1-14H,15H2. The van der Waals surface area contributed by atoms with E-state index in [9.17, 15) is 0 Å². The van der Waals surface area contributed by atoms with Crippen molar-refractivity contribution in [2.45, 2.75) is 6.54 Å². The summed E-state index contributed by atoms with van der Waals surface area (Å²) in [5.74, 6) is 0. The Labute approximate surface area is 154 Å². The van der Waals surface area contributed by atoms with Gasteiger partial charge in [0, 0.05) is 21.8 Å². The number of benzene rings is 4. The van der Waals surface area contributed by atoms with Gasteiger partial charge in [0.25, 0.3) is 0 Å². The zero-order valence-electron chi connectivity index (χ0n) is 13.6. The predicted molar refractivity (Wildman–Crippen MR) is 110 cm³/mol. The first-order valence-electron chi connectivity index (χ1n) is 8.45. The van der Waals surface area contributed by atoms with Gasteiger partial charge >= 0.3 is 0 Å². The molecule has 1 nitrogen and oxygen atoms in total. The largest absolute Gasteiger partial charge is 0.336 e. The van der Waals surface area contributed by atoms with Crippen LogP contribution in [0.2, 0.25) is 0 Å². The van der Waals surface area contributed by atoms with E-state index in [4.69, 9.17) is 0 Å². The van der Waals surface area contributed by atoms with Crippen molar-refractivity contribution in [2.75, 3.05) is 0 Å². The molecule has 2 heteroatoms. The van der Waals surface area contributed by atoms with Crippen molar-refractivity contribution in [1.29, 1.82) is 0 Å². The average Bonchev–Trinajstić information content (AvgIpc) is 2.98. The summed E-state index contributed by atoms with van der Waals surface area (Å²) < 4.78 is 3.58. The van der Waals surface area contributed by atoms with Crippen LogP contribution < -0.4 is 0 Å². The molecule has 5 rings (SSSR count). The van der Waals surface area contributed by atoms with Gasteiger partial charge in [0.15, 0.2) is 0 Å². The Hall–Kier alpha value is -2.58. The molecule has 25 heavy (non-hydrogen) atoms. The summed E-state index contributed by atoms with van der Waals surface area (Å²) >= 11 is 3.79. The lowest BCUT2D eigenvalue weighted by Crippen LogP contribution is -1.98. The number of nitrogens with zero attached hydrogens (tertiary/aromatic N) is 1. The second-order valence-electron chi connectivity index (χ2n) is 6.39. The molecule has 1 aromatic heterocycles. The third kappa shape index (κ3) is 2.29. The molecule has 0 unspecified atom stereocenters. The summed E-state index contributed by atoms with van der Waals surface area (Å²) in [6.45, 7) is 0.871. The molecular weight excluding hydrogens is 370 g/mol. The highest BCUT2D eigenvalue weighted by atomic mass is 79.9. The van der Waals surface area contributed by atoms with Crippen LogP contribution in [0.5, 0.6) is 0 Å². The van der Waals surface area contributed by atoms with E-state index in [0.29, 0.717) is 0 Å². The minimum absolute atomic E-state index is 0.871. The molecule has 0 N–H and O–H groups in total. The van der Waals surface area contributed by atoms with E-state index >= 15 is 0 Å². The normalized spacial score (nSPS) is 11.6. The molecule has 0 bridgehead atoms. The summed E-state index contributed by atoms with van der Waals surface area (Å²) in [5, 5.41) is 5.22. The highest BCUT2D eigenvalue weighted by molar-refractivity contribution is 9.10. The Morgan fingerprint density at radius 3 is 2.28 bits per heavy atom. The Bertz CT molecular complexity index is 1220. The highest BCUT2D eigenvalue weighted by Gasteiger charge is 2.15. The molecule has 0 saturated heterocycles. The van der Waals surface area contributed by atoms with E-state index < -0.39 is 0 Å². The number of aromatic nitrogens is 1. The van der Waals surface area contributed by atoms with Crippen LogP contribution in [0.25, 0.3) is 32.6 Å². The van der Waals surface area contributed by atoms with Gasteiger partial charge in [-0.2, -0.15) is 0 Å². The first-order valence-corrected chi connectivity index (χ1v) is 9.24. The number of fused-ring (bicyclic) bond motifs is 5. The van der Waals surface area contributed by atoms with Crippen LogP contribution in [0.15, 0.2) is 89.4 Å². The molecule has 0 saturated carbocycles. The molecule has 120 valence electrons. The van der Waals surface area contributed by atoms with Gasteiger partial charge in [0.1, 0.15) is 0 Å². The number of halogens is 1. The lowest BCUT2D eigenvalue weighted by molar-refractivity contribution is 0.869. The molecule has 0 amide bonds. The van der Waals surface area contributed by atoms with Crippen molar-refractivity contribution in [3.63, 3.8) is 0 Å². The van der Waals surface area contributed by atoms with E-state index in [0.717, 1.165) is 11.0 Å². The fraction of sp³-hybridized carbons (Fsp3) is 0.0435. The Kier molecular flexibility index (Phi) is 3.39. The van der Waals surface area contributed by atoms with Crippen LogP contribution in [0, 0.1) is 0 Å². The number of hydrogen-bond donors (Lipinski definition) is 0. The molecular formula is C23H16BrN. The summed E-state index contributed by atoms with van der Waals surface area (Å²) in [5.41, 5.74) is 3.86. The molecule has 0 aliphatic heterocycles. The minimum atomic E-state index is 0.871. The molecule has 0 fully saturated rings. The molecule has 4 aromatic carbocycles. The van der Waals surface area contributed by atoms with Gasteiger partial charge in [0.05, 0.1) is 11.0 Å². The SMILES string of the molecule is Brc1cccc2c1c1c3ccccc3ccc1n2Cc1ccccc1. The minimum Gasteiger partial charge on any atom is -0.336 e. The summed E-state index contributed by atoms with van der Waals surface area (Å²) in [6.07, 6.45) is 0. The third-order valence-electron chi connectivity index (χ3n) is 4.91. The van der Waals surface area contributed by atoms with E-state index in [2.05, 4.69) is 105 Å². The van der Waals surface area contributed by atoms with Crippen molar-refractivity contribution in [3.05, 3.63) is 95.0 Å². The predicted octanol–water partition coefficient (Wildman–Crippen LogP) is 6.76. The highest BCUT2D eigenvalue weighted by Crippen LogP contribution is 2.38. The van der Waals surface area contributed by atoms with Crippen molar-refractivity contribution in [3.8, 4) is 0 Å². The lowest BCUT2D eigenvalue weighted by atomic mass is 10.0. The maximum atomic E-state index is 3.79. The third-order valence-corrected chi connectivity index (χ3v) is 5.57. The summed E-state index contributed by atoms with van der Waals surface area (Å²) in [6, 6.07) is 30.3. The Morgan fingerprint density at radius 2 is 1.40 bits per heavy atom. The first-order chi connectivity index (χ1) is 12.3. The second kappa shape index (κ2) is 5.75. The van der Waals surface area contributed by atoms with Crippen molar-refractivity contribution >= 4 is 48.5 Å². The monoisotopic (exact) mass is 385 g/mol. The topological polar surface area (TPSA) is 4.93 Å². The summed E-state index contributed by atoms with van der Waals surface area (Å²) in [4.78, 5) is 0. The van der Waals surface area contributed by atoms with Crippen LogP contribution >= 0.6 is 15.9 Å². The van der Waals surface area contributed by atoms with Crippen LogP contribution in [-0.2, 0) is 6.54 Å². The van der Waals surface area contributed by atoms with Gasteiger partial charge in [-0.25, -0.2) is 0 Å². The van der Waals surface area contributed by atoms with Gasteiger partial charge in [-0.15, -0.1) is 0 Å². The van der Waals surface area contributed by atoms with Crippen molar-refractivity contribution in [1.82, 2.24) is 4.57 Å². The molecule has 0 aliphatic carbocycles. The van der Waals surface area contributed by atoms with Gasteiger partial charge in [-0.3, -0.25) is 0 Å². The Balaban J connectivity index is 1.93. The van der Waals surface area contributed by atoms with E-state index in [1.807, 2.05) is 0 Å². The molecule has 0 radical (unpaired) electrons. The smallest absolute Gasteiger partial charge is 0.0506 e. The van der Waals surface area contributed by atoms with Gasteiger partial charge in [0.2, 0.25) is 0 Å². The molecule has 0 aliphatic rings. The molecule has 1 heterocycles. The average molecular weight is 386 g/mol. The van der Waals surface area contributed by atoms with Gasteiger partial charge < -0.3 is 4.57 Å². The number of rotatable bonds is 2. The Morgan fingerprint density at radius 1 is 0.640 bits per heavy atom. The van der Waals surface area contributed by atoms with Crippen molar-refractivity contribution < 1.29 is 0 Å². The van der Waals surface area contributed by atoms with Crippen molar-refractivity contribution in [2.24, 2.45) is 0 Å².